The Labute approximate surface area is 173 Å². The summed E-state index contributed by atoms with van der Waals surface area (Å²) in [4.78, 5) is 14.8. The third-order valence-corrected chi connectivity index (χ3v) is 7.35. The van der Waals surface area contributed by atoms with Crippen molar-refractivity contribution < 1.29 is 22.3 Å². The monoisotopic (exact) mass is 431 g/mol. The number of amides is 1. The number of carbonyl (C=O) groups is 1. The molecule has 4 rings (SSSR count). The Hall–Kier alpha value is -2.91. The standard InChI is InChI=1S/C21H22FN3O4S/c1-3-29-21(26)23-8-9-25-13(2)17-10-14(4-7-20(17)30(25,27)28)18-12-24-19-11-15(22)5-6-16(18)19/h4-7,10-13,24H,3,8-9H2,1-2H3,(H,23,26). The maximum Gasteiger partial charge on any atom is 0.407 e. The molecule has 1 atom stereocenters. The fourth-order valence-corrected chi connectivity index (χ4v) is 5.75. The van der Waals surface area contributed by atoms with Gasteiger partial charge in [-0.1, -0.05) is 6.07 Å². The second kappa shape index (κ2) is 7.73. The summed E-state index contributed by atoms with van der Waals surface area (Å²) in [6.07, 6.45) is 1.22. The Balaban J connectivity index is 1.62. The minimum atomic E-state index is -3.66. The molecule has 2 N–H and O–H groups in total. The van der Waals surface area contributed by atoms with Crippen molar-refractivity contribution in [1.82, 2.24) is 14.6 Å². The number of carbonyl (C=O) groups excluding carboxylic acids is 1. The summed E-state index contributed by atoms with van der Waals surface area (Å²) in [6, 6.07) is 9.39. The summed E-state index contributed by atoms with van der Waals surface area (Å²) < 4.78 is 45.6. The molecule has 30 heavy (non-hydrogen) atoms. The van der Waals surface area contributed by atoms with Gasteiger partial charge in [0.15, 0.2) is 0 Å². The van der Waals surface area contributed by atoms with Crippen LogP contribution in [0.2, 0.25) is 0 Å². The fraction of sp³-hybridized carbons (Fsp3) is 0.286. The smallest absolute Gasteiger partial charge is 0.407 e. The molecule has 2 heterocycles. The first-order chi connectivity index (χ1) is 14.3. The van der Waals surface area contributed by atoms with Crippen LogP contribution in [-0.4, -0.2) is 43.5 Å². The summed E-state index contributed by atoms with van der Waals surface area (Å²) in [5.41, 5.74) is 3.10. The number of halogens is 1. The number of sulfonamides is 1. The molecule has 0 fully saturated rings. The van der Waals surface area contributed by atoms with Crippen molar-refractivity contribution >= 4 is 27.0 Å². The van der Waals surface area contributed by atoms with Crippen molar-refractivity contribution in [3.05, 3.63) is 54.0 Å². The lowest BCUT2D eigenvalue weighted by molar-refractivity contribution is 0.151. The minimum absolute atomic E-state index is 0.138. The highest BCUT2D eigenvalue weighted by Crippen LogP contribution is 2.41. The van der Waals surface area contributed by atoms with Crippen LogP contribution in [0.15, 0.2) is 47.5 Å². The van der Waals surface area contributed by atoms with Gasteiger partial charge in [-0.3, -0.25) is 0 Å². The molecule has 0 bridgehead atoms. The van der Waals surface area contributed by atoms with E-state index in [9.17, 15) is 17.6 Å². The first-order valence-corrected chi connectivity index (χ1v) is 11.1. The molecule has 0 saturated heterocycles. The summed E-state index contributed by atoms with van der Waals surface area (Å²) in [5, 5.41) is 3.41. The van der Waals surface area contributed by atoms with Crippen molar-refractivity contribution in [1.29, 1.82) is 0 Å². The molecule has 1 aromatic heterocycles. The van der Waals surface area contributed by atoms with Gasteiger partial charge in [-0.25, -0.2) is 17.6 Å². The highest BCUT2D eigenvalue weighted by molar-refractivity contribution is 7.89. The Morgan fingerprint density at radius 3 is 2.83 bits per heavy atom. The van der Waals surface area contributed by atoms with E-state index < -0.39 is 16.1 Å². The van der Waals surface area contributed by atoms with Gasteiger partial charge in [0, 0.05) is 41.8 Å². The van der Waals surface area contributed by atoms with Gasteiger partial charge in [-0.05, 0) is 55.3 Å². The third-order valence-electron chi connectivity index (χ3n) is 5.31. The van der Waals surface area contributed by atoms with Crippen LogP contribution >= 0.6 is 0 Å². The molecule has 1 aliphatic rings. The van der Waals surface area contributed by atoms with Crippen LogP contribution < -0.4 is 5.32 Å². The average molecular weight is 431 g/mol. The van der Waals surface area contributed by atoms with Crippen LogP contribution in [0.1, 0.15) is 25.5 Å². The van der Waals surface area contributed by atoms with Gasteiger partial charge >= 0.3 is 6.09 Å². The molecule has 1 amide bonds. The number of aromatic amines is 1. The number of nitrogens with zero attached hydrogens (tertiary/aromatic N) is 1. The molecule has 1 unspecified atom stereocenters. The number of fused-ring (bicyclic) bond motifs is 2. The number of benzene rings is 2. The number of alkyl carbamates (subject to hydrolysis) is 1. The molecule has 9 heteroatoms. The molecule has 0 spiro atoms. The lowest BCUT2D eigenvalue weighted by Gasteiger charge is -2.20. The molecule has 7 nitrogen and oxygen atoms in total. The molecule has 3 aromatic rings. The quantitative estimate of drug-likeness (QED) is 0.643. The predicted octanol–water partition coefficient (Wildman–Crippen LogP) is 3.79. The Bertz CT molecular complexity index is 1220. The topological polar surface area (TPSA) is 91.5 Å². The van der Waals surface area contributed by atoms with Gasteiger partial charge < -0.3 is 15.0 Å². The van der Waals surface area contributed by atoms with Crippen molar-refractivity contribution in [3.63, 3.8) is 0 Å². The van der Waals surface area contributed by atoms with Crippen LogP contribution in [0, 0.1) is 5.82 Å². The van der Waals surface area contributed by atoms with Crippen LogP contribution in [0.25, 0.3) is 22.0 Å². The number of nitrogens with one attached hydrogen (secondary N) is 2. The van der Waals surface area contributed by atoms with Crippen LogP contribution in [0.3, 0.4) is 0 Å². The van der Waals surface area contributed by atoms with Gasteiger partial charge in [-0.15, -0.1) is 0 Å². The second-order valence-electron chi connectivity index (χ2n) is 7.08. The largest absolute Gasteiger partial charge is 0.450 e. The summed E-state index contributed by atoms with van der Waals surface area (Å²) in [7, 11) is -3.66. The van der Waals surface area contributed by atoms with E-state index in [2.05, 4.69) is 10.3 Å². The third kappa shape index (κ3) is 3.44. The SMILES string of the molecule is CCOC(=O)NCCN1C(C)c2cc(-c3c[nH]c4cc(F)ccc34)ccc2S1(=O)=O. The first-order valence-electron chi connectivity index (χ1n) is 9.66. The van der Waals surface area contributed by atoms with E-state index in [4.69, 9.17) is 4.74 Å². The molecule has 1 aliphatic heterocycles. The summed E-state index contributed by atoms with van der Waals surface area (Å²) in [6.45, 7) is 4.06. The van der Waals surface area contributed by atoms with Crippen molar-refractivity contribution in [2.24, 2.45) is 0 Å². The van der Waals surface area contributed by atoms with E-state index in [1.54, 1.807) is 31.3 Å². The van der Waals surface area contributed by atoms with Gasteiger partial charge in [0.05, 0.1) is 11.5 Å². The summed E-state index contributed by atoms with van der Waals surface area (Å²) in [5.74, 6) is -0.323. The van der Waals surface area contributed by atoms with Crippen LogP contribution in [0.5, 0.6) is 0 Å². The van der Waals surface area contributed by atoms with Crippen molar-refractivity contribution in [2.45, 2.75) is 24.8 Å². The zero-order chi connectivity index (χ0) is 21.5. The van der Waals surface area contributed by atoms with Crippen LogP contribution in [0.4, 0.5) is 9.18 Å². The Morgan fingerprint density at radius 2 is 2.07 bits per heavy atom. The molecular weight excluding hydrogens is 409 g/mol. The van der Waals surface area contributed by atoms with Gasteiger partial charge in [0.2, 0.25) is 10.0 Å². The number of ether oxygens (including phenoxy) is 1. The average Bonchev–Trinajstić information content (AvgIpc) is 3.20. The number of hydrogen-bond donors (Lipinski definition) is 2. The Morgan fingerprint density at radius 1 is 1.27 bits per heavy atom. The van der Waals surface area contributed by atoms with Crippen molar-refractivity contribution in [3.8, 4) is 11.1 Å². The minimum Gasteiger partial charge on any atom is -0.450 e. The normalized spacial score (nSPS) is 17.8. The molecule has 0 saturated carbocycles. The van der Waals surface area contributed by atoms with Gasteiger partial charge in [-0.2, -0.15) is 4.31 Å². The maximum absolute atomic E-state index is 13.5. The zero-order valence-corrected chi connectivity index (χ0v) is 17.4. The second-order valence-corrected chi connectivity index (χ2v) is 8.94. The van der Waals surface area contributed by atoms with E-state index in [0.29, 0.717) is 11.1 Å². The van der Waals surface area contributed by atoms with E-state index in [0.717, 1.165) is 16.5 Å². The number of rotatable bonds is 5. The lowest BCUT2D eigenvalue weighted by atomic mass is 9.99. The number of hydrogen-bond acceptors (Lipinski definition) is 4. The molecular formula is C21H22FN3O4S. The first kappa shape index (κ1) is 20.4. The number of aromatic nitrogens is 1. The fourth-order valence-electron chi connectivity index (χ4n) is 3.87. The van der Waals surface area contributed by atoms with Gasteiger partial charge in [0.25, 0.3) is 0 Å². The van der Waals surface area contributed by atoms with Crippen LogP contribution in [-0.2, 0) is 14.8 Å². The van der Waals surface area contributed by atoms with E-state index >= 15 is 0 Å². The van der Waals surface area contributed by atoms with Crippen molar-refractivity contribution in [2.75, 3.05) is 19.7 Å². The Kier molecular flexibility index (Phi) is 5.25. The molecule has 158 valence electrons. The maximum atomic E-state index is 13.5. The summed E-state index contributed by atoms with van der Waals surface area (Å²) >= 11 is 0. The predicted molar refractivity (Wildman–Crippen MR) is 111 cm³/mol. The molecule has 2 aromatic carbocycles. The lowest BCUT2D eigenvalue weighted by Crippen LogP contribution is -2.36. The van der Waals surface area contributed by atoms with Gasteiger partial charge in [0.1, 0.15) is 5.82 Å². The van der Waals surface area contributed by atoms with E-state index in [1.165, 1.54) is 16.4 Å². The zero-order valence-electron chi connectivity index (χ0n) is 16.6. The van der Waals surface area contributed by atoms with E-state index in [-0.39, 0.29) is 36.5 Å². The molecule has 0 aliphatic carbocycles. The van der Waals surface area contributed by atoms with E-state index in [1.807, 2.05) is 13.0 Å². The number of H-pyrrole nitrogens is 1. The highest BCUT2D eigenvalue weighted by atomic mass is 32.2. The highest BCUT2D eigenvalue weighted by Gasteiger charge is 2.40. The molecule has 0 radical (unpaired) electrons.